The predicted molar refractivity (Wildman–Crippen MR) is 94.1 cm³/mol. The molecular weight excluding hydrogens is 320 g/mol. The van der Waals surface area contributed by atoms with Crippen LogP contribution in [0, 0.1) is 6.92 Å². The average Bonchev–Trinajstić information content (AvgIpc) is 2.63. The Bertz CT molecular complexity index is 689. The van der Waals surface area contributed by atoms with Gasteiger partial charge in [-0.15, -0.1) is 0 Å². The van der Waals surface area contributed by atoms with Crippen molar-refractivity contribution in [1.82, 2.24) is 10.9 Å². The normalized spacial score (nSPS) is 9.96. The molecule has 6 nitrogen and oxygen atoms in total. The lowest BCUT2D eigenvalue weighted by atomic mass is 10.2. The molecule has 0 fully saturated rings. The third kappa shape index (κ3) is 7.39. The SMILES string of the molecule is Cc1cccc(OCC(=O)NNC(=O)CCCOc2ccccc2)c1. The number of aryl methyl sites for hydroxylation is 1. The molecule has 2 aromatic carbocycles. The van der Waals surface area contributed by atoms with Crippen LogP contribution >= 0.6 is 0 Å². The van der Waals surface area contributed by atoms with E-state index in [0.717, 1.165) is 11.3 Å². The van der Waals surface area contributed by atoms with Crippen molar-refractivity contribution in [2.75, 3.05) is 13.2 Å². The van der Waals surface area contributed by atoms with Crippen molar-refractivity contribution in [3.63, 3.8) is 0 Å². The minimum Gasteiger partial charge on any atom is -0.494 e. The molecule has 0 radical (unpaired) electrons. The summed E-state index contributed by atoms with van der Waals surface area (Å²) in [7, 11) is 0. The molecular formula is C19H22N2O4. The van der Waals surface area contributed by atoms with Crippen LogP contribution in [0.1, 0.15) is 18.4 Å². The molecule has 0 aromatic heterocycles. The van der Waals surface area contributed by atoms with Crippen molar-refractivity contribution in [1.29, 1.82) is 0 Å². The van der Waals surface area contributed by atoms with E-state index in [-0.39, 0.29) is 18.9 Å². The summed E-state index contributed by atoms with van der Waals surface area (Å²) in [6.45, 7) is 2.21. The Morgan fingerprint density at radius 2 is 1.60 bits per heavy atom. The van der Waals surface area contributed by atoms with Gasteiger partial charge < -0.3 is 9.47 Å². The van der Waals surface area contributed by atoms with Crippen LogP contribution in [-0.4, -0.2) is 25.0 Å². The van der Waals surface area contributed by atoms with E-state index in [1.54, 1.807) is 6.07 Å². The summed E-state index contributed by atoms with van der Waals surface area (Å²) >= 11 is 0. The maximum atomic E-state index is 11.7. The molecule has 0 heterocycles. The Balaban J connectivity index is 1.55. The third-order valence-electron chi connectivity index (χ3n) is 3.26. The van der Waals surface area contributed by atoms with Gasteiger partial charge in [0, 0.05) is 6.42 Å². The van der Waals surface area contributed by atoms with E-state index in [1.165, 1.54) is 0 Å². The summed E-state index contributed by atoms with van der Waals surface area (Å²) in [5.74, 6) is 0.681. The summed E-state index contributed by atoms with van der Waals surface area (Å²) < 4.78 is 10.8. The lowest BCUT2D eigenvalue weighted by Crippen LogP contribution is -2.43. The number of amides is 2. The summed E-state index contributed by atoms with van der Waals surface area (Å²) in [4.78, 5) is 23.3. The Hall–Kier alpha value is -3.02. The van der Waals surface area contributed by atoms with Gasteiger partial charge in [0.15, 0.2) is 6.61 Å². The highest BCUT2D eigenvalue weighted by molar-refractivity contribution is 5.82. The van der Waals surface area contributed by atoms with Gasteiger partial charge in [0.05, 0.1) is 6.61 Å². The van der Waals surface area contributed by atoms with Crippen LogP contribution in [-0.2, 0) is 9.59 Å². The molecule has 2 aromatic rings. The second-order valence-electron chi connectivity index (χ2n) is 5.47. The monoisotopic (exact) mass is 342 g/mol. The highest BCUT2D eigenvalue weighted by atomic mass is 16.5. The number of ether oxygens (including phenoxy) is 2. The Morgan fingerprint density at radius 1 is 0.880 bits per heavy atom. The topological polar surface area (TPSA) is 76.7 Å². The van der Waals surface area contributed by atoms with Gasteiger partial charge in [-0.25, -0.2) is 0 Å². The van der Waals surface area contributed by atoms with Gasteiger partial charge in [-0.05, 0) is 43.2 Å². The molecule has 0 aliphatic heterocycles. The van der Waals surface area contributed by atoms with Gasteiger partial charge in [0.1, 0.15) is 11.5 Å². The molecule has 132 valence electrons. The van der Waals surface area contributed by atoms with Crippen LogP contribution in [0.5, 0.6) is 11.5 Å². The van der Waals surface area contributed by atoms with Crippen molar-refractivity contribution >= 4 is 11.8 Å². The second kappa shape index (κ2) is 9.97. The Kier molecular flexibility index (Phi) is 7.31. The Morgan fingerprint density at radius 3 is 2.36 bits per heavy atom. The van der Waals surface area contributed by atoms with E-state index in [9.17, 15) is 9.59 Å². The van der Waals surface area contributed by atoms with Crippen LogP contribution in [0.4, 0.5) is 0 Å². The third-order valence-corrected chi connectivity index (χ3v) is 3.26. The first-order chi connectivity index (χ1) is 12.1. The smallest absolute Gasteiger partial charge is 0.276 e. The van der Waals surface area contributed by atoms with Gasteiger partial charge in [-0.3, -0.25) is 20.4 Å². The summed E-state index contributed by atoms with van der Waals surface area (Å²) in [6.07, 6.45) is 0.808. The number of hydrogen-bond donors (Lipinski definition) is 2. The minimum absolute atomic E-state index is 0.166. The van der Waals surface area contributed by atoms with Gasteiger partial charge in [-0.1, -0.05) is 30.3 Å². The first-order valence-corrected chi connectivity index (χ1v) is 8.08. The maximum Gasteiger partial charge on any atom is 0.276 e. The molecule has 0 atom stereocenters. The number of carbonyl (C=O) groups excluding carboxylic acids is 2. The van der Waals surface area contributed by atoms with E-state index < -0.39 is 5.91 Å². The van der Waals surface area contributed by atoms with E-state index in [2.05, 4.69) is 10.9 Å². The fourth-order valence-corrected chi connectivity index (χ4v) is 2.03. The van der Waals surface area contributed by atoms with E-state index in [4.69, 9.17) is 9.47 Å². The number of carbonyl (C=O) groups is 2. The number of hydrazine groups is 1. The van der Waals surface area contributed by atoms with Crippen molar-refractivity contribution in [3.8, 4) is 11.5 Å². The fraction of sp³-hybridized carbons (Fsp3) is 0.263. The van der Waals surface area contributed by atoms with Crippen molar-refractivity contribution < 1.29 is 19.1 Å². The zero-order valence-electron chi connectivity index (χ0n) is 14.2. The zero-order valence-corrected chi connectivity index (χ0v) is 14.2. The van der Waals surface area contributed by atoms with Crippen LogP contribution < -0.4 is 20.3 Å². The molecule has 0 aliphatic carbocycles. The quantitative estimate of drug-likeness (QED) is 0.570. The van der Waals surface area contributed by atoms with Gasteiger partial charge in [0.2, 0.25) is 5.91 Å². The van der Waals surface area contributed by atoms with Gasteiger partial charge >= 0.3 is 0 Å². The number of para-hydroxylation sites is 1. The van der Waals surface area contributed by atoms with Crippen molar-refractivity contribution in [2.45, 2.75) is 19.8 Å². The zero-order chi connectivity index (χ0) is 17.9. The molecule has 0 bridgehead atoms. The van der Waals surface area contributed by atoms with E-state index >= 15 is 0 Å². The number of hydrogen-bond acceptors (Lipinski definition) is 4. The lowest BCUT2D eigenvalue weighted by Gasteiger charge is -2.09. The van der Waals surface area contributed by atoms with Crippen LogP contribution in [0.25, 0.3) is 0 Å². The standard InChI is InChI=1S/C19H22N2O4/c1-15-7-5-10-17(13-15)25-14-19(23)21-20-18(22)11-6-12-24-16-8-3-2-4-9-16/h2-5,7-10,13H,6,11-12,14H2,1H3,(H,20,22)(H,21,23). The van der Waals surface area contributed by atoms with Crippen LogP contribution in [0.3, 0.4) is 0 Å². The predicted octanol–water partition coefficient (Wildman–Crippen LogP) is 2.38. The number of nitrogens with one attached hydrogen (secondary N) is 2. The molecule has 0 unspecified atom stereocenters. The second-order valence-corrected chi connectivity index (χ2v) is 5.47. The molecule has 2 N–H and O–H groups in total. The molecule has 2 rings (SSSR count). The summed E-state index contributed by atoms with van der Waals surface area (Å²) in [6, 6.07) is 16.8. The van der Waals surface area contributed by atoms with Gasteiger partial charge in [-0.2, -0.15) is 0 Å². The molecule has 6 heteroatoms. The first-order valence-electron chi connectivity index (χ1n) is 8.08. The molecule has 0 aliphatic rings. The summed E-state index contributed by atoms with van der Waals surface area (Å²) in [5.41, 5.74) is 5.72. The van der Waals surface area contributed by atoms with E-state index in [0.29, 0.717) is 18.8 Å². The van der Waals surface area contributed by atoms with Crippen molar-refractivity contribution in [2.24, 2.45) is 0 Å². The number of rotatable bonds is 8. The average molecular weight is 342 g/mol. The summed E-state index contributed by atoms with van der Waals surface area (Å²) in [5, 5.41) is 0. The molecule has 2 amide bonds. The Labute approximate surface area is 147 Å². The molecule has 25 heavy (non-hydrogen) atoms. The minimum atomic E-state index is -0.421. The highest BCUT2D eigenvalue weighted by Crippen LogP contribution is 2.11. The van der Waals surface area contributed by atoms with Crippen LogP contribution in [0.15, 0.2) is 54.6 Å². The molecule has 0 saturated heterocycles. The van der Waals surface area contributed by atoms with E-state index in [1.807, 2.05) is 55.5 Å². The molecule has 0 spiro atoms. The molecule has 0 saturated carbocycles. The lowest BCUT2D eigenvalue weighted by molar-refractivity contribution is -0.130. The van der Waals surface area contributed by atoms with Crippen molar-refractivity contribution in [3.05, 3.63) is 60.2 Å². The largest absolute Gasteiger partial charge is 0.494 e. The fourth-order valence-electron chi connectivity index (χ4n) is 2.03. The van der Waals surface area contributed by atoms with Crippen LogP contribution in [0.2, 0.25) is 0 Å². The first kappa shape index (κ1) is 18.3. The highest BCUT2D eigenvalue weighted by Gasteiger charge is 2.06. The van der Waals surface area contributed by atoms with Gasteiger partial charge in [0.25, 0.3) is 5.91 Å². The number of benzene rings is 2. The maximum absolute atomic E-state index is 11.7.